The summed E-state index contributed by atoms with van der Waals surface area (Å²) >= 11 is 0. The van der Waals surface area contributed by atoms with Gasteiger partial charge in [0.1, 0.15) is 0 Å². The van der Waals surface area contributed by atoms with Gasteiger partial charge in [0, 0.05) is 5.56 Å². The maximum absolute atomic E-state index is 12.2. The molecule has 2 unspecified atom stereocenters. The van der Waals surface area contributed by atoms with Gasteiger partial charge >= 0.3 is 5.97 Å². The van der Waals surface area contributed by atoms with Crippen LogP contribution in [-0.2, 0) is 16.1 Å². The Kier molecular flexibility index (Phi) is 4.77. The van der Waals surface area contributed by atoms with Gasteiger partial charge < -0.3 is 24.4 Å². The lowest BCUT2D eigenvalue weighted by Crippen LogP contribution is -2.27. The first-order valence-electron chi connectivity index (χ1n) is 8.35. The second-order valence-electron chi connectivity index (χ2n) is 6.91. The van der Waals surface area contributed by atoms with Crippen molar-refractivity contribution in [2.24, 2.45) is 17.3 Å². The van der Waals surface area contributed by atoms with E-state index in [0.29, 0.717) is 22.9 Å². The van der Waals surface area contributed by atoms with E-state index in [2.05, 4.69) is 15.5 Å². The number of aromatic nitrogens is 2. The molecule has 3 rings (SSSR count). The third kappa shape index (κ3) is 3.44. The standard InChI is InChI=1S/C18H21N3O6/c1-18(2)13(14(18)17(23)24)16(22)19-8-12-20-15(21-27-12)9-5-6-10(25-3)11(7-9)26-4/h5-7,13-14H,8H2,1-4H3,(H,19,22)(H,23,24). The number of ether oxygens (including phenoxy) is 2. The number of carboxylic acid groups (broad SMARTS) is 1. The highest BCUT2D eigenvalue weighted by Gasteiger charge is 2.65. The van der Waals surface area contributed by atoms with Crippen LogP contribution in [0.1, 0.15) is 19.7 Å². The summed E-state index contributed by atoms with van der Waals surface area (Å²) in [7, 11) is 3.07. The van der Waals surface area contributed by atoms with Gasteiger partial charge in [0.15, 0.2) is 11.5 Å². The molecule has 2 atom stereocenters. The summed E-state index contributed by atoms with van der Waals surface area (Å²) in [6, 6.07) is 5.21. The summed E-state index contributed by atoms with van der Waals surface area (Å²) in [5, 5.41) is 15.7. The minimum absolute atomic E-state index is 0.0258. The molecule has 1 fully saturated rings. The second kappa shape index (κ2) is 6.90. The molecule has 1 saturated carbocycles. The van der Waals surface area contributed by atoms with Crippen LogP contribution in [0.3, 0.4) is 0 Å². The molecule has 0 saturated heterocycles. The highest BCUT2D eigenvalue weighted by atomic mass is 16.5. The molecule has 1 aliphatic rings. The lowest BCUT2D eigenvalue weighted by Gasteiger charge is -2.07. The Bertz CT molecular complexity index is 876. The molecule has 1 aromatic heterocycles. The zero-order chi connectivity index (χ0) is 19.8. The van der Waals surface area contributed by atoms with Crippen LogP contribution in [0.15, 0.2) is 22.7 Å². The number of hydrogen-bond acceptors (Lipinski definition) is 7. The first-order valence-corrected chi connectivity index (χ1v) is 8.35. The van der Waals surface area contributed by atoms with Crippen LogP contribution in [0.25, 0.3) is 11.4 Å². The Hall–Kier alpha value is -3.10. The molecule has 1 aromatic carbocycles. The molecule has 9 heteroatoms. The Morgan fingerprint density at radius 1 is 1.22 bits per heavy atom. The van der Waals surface area contributed by atoms with Crippen molar-refractivity contribution in [1.29, 1.82) is 0 Å². The molecule has 9 nitrogen and oxygen atoms in total. The van der Waals surface area contributed by atoms with Crippen molar-refractivity contribution in [3.63, 3.8) is 0 Å². The Balaban J connectivity index is 1.65. The van der Waals surface area contributed by atoms with Gasteiger partial charge in [-0.05, 0) is 23.6 Å². The largest absolute Gasteiger partial charge is 0.493 e. The quantitative estimate of drug-likeness (QED) is 0.750. The van der Waals surface area contributed by atoms with E-state index in [1.54, 1.807) is 39.2 Å². The minimum Gasteiger partial charge on any atom is -0.493 e. The van der Waals surface area contributed by atoms with Gasteiger partial charge in [0.25, 0.3) is 0 Å². The number of benzene rings is 1. The van der Waals surface area contributed by atoms with Gasteiger partial charge in [-0.25, -0.2) is 0 Å². The smallest absolute Gasteiger partial charge is 0.307 e. The Morgan fingerprint density at radius 3 is 2.52 bits per heavy atom. The highest BCUT2D eigenvalue weighted by Crippen LogP contribution is 2.58. The monoisotopic (exact) mass is 375 g/mol. The summed E-state index contributed by atoms with van der Waals surface area (Å²) in [5.74, 6) is -0.867. The predicted molar refractivity (Wildman–Crippen MR) is 93.1 cm³/mol. The average Bonchev–Trinajstić information content (AvgIpc) is 2.99. The van der Waals surface area contributed by atoms with Gasteiger partial charge in [-0.2, -0.15) is 4.98 Å². The van der Waals surface area contributed by atoms with Crippen molar-refractivity contribution >= 4 is 11.9 Å². The van der Waals surface area contributed by atoms with Crippen LogP contribution < -0.4 is 14.8 Å². The van der Waals surface area contributed by atoms with Crippen molar-refractivity contribution < 1.29 is 28.7 Å². The number of methoxy groups -OCH3 is 2. The van der Waals surface area contributed by atoms with Crippen LogP contribution in [0.4, 0.5) is 0 Å². The zero-order valence-corrected chi connectivity index (χ0v) is 15.5. The van der Waals surface area contributed by atoms with Crippen molar-refractivity contribution in [3.8, 4) is 22.9 Å². The Labute approximate surface area is 155 Å². The summed E-state index contributed by atoms with van der Waals surface area (Å²) in [5.41, 5.74) is 0.110. The first-order chi connectivity index (χ1) is 12.8. The van der Waals surface area contributed by atoms with Crippen molar-refractivity contribution in [2.45, 2.75) is 20.4 Å². The maximum Gasteiger partial charge on any atom is 0.307 e. The fourth-order valence-corrected chi connectivity index (χ4v) is 3.28. The summed E-state index contributed by atoms with van der Waals surface area (Å²) in [6.07, 6.45) is 0. The topological polar surface area (TPSA) is 124 Å². The molecular formula is C18H21N3O6. The van der Waals surface area contributed by atoms with Gasteiger partial charge in [-0.15, -0.1) is 0 Å². The molecule has 1 amide bonds. The van der Waals surface area contributed by atoms with E-state index in [0.717, 1.165) is 0 Å². The highest BCUT2D eigenvalue weighted by molar-refractivity contribution is 5.91. The third-order valence-electron chi connectivity index (χ3n) is 4.90. The number of amides is 1. The molecular weight excluding hydrogens is 354 g/mol. The molecule has 2 aromatic rings. The molecule has 1 heterocycles. The second-order valence-corrected chi connectivity index (χ2v) is 6.91. The first kappa shape index (κ1) is 18.7. The number of aliphatic carboxylic acids is 1. The van der Waals surface area contributed by atoms with Crippen LogP contribution in [0.2, 0.25) is 0 Å². The van der Waals surface area contributed by atoms with E-state index < -0.39 is 23.2 Å². The van der Waals surface area contributed by atoms with E-state index in [1.807, 2.05) is 0 Å². The lowest BCUT2D eigenvalue weighted by molar-refractivity contribution is -0.140. The number of carbonyl (C=O) groups is 2. The lowest BCUT2D eigenvalue weighted by atomic mass is 10.1. The number of carbonyl (C=O) groups excluding carboxylic acids is 1. The van der Waals surface area contributed by atoms with E-state index >= 15 is 0 Å². The van der Waals surface area contributed by atoms with Crippen LogP contribution in [0.5, 0.6) is 11.5 Å². The van der Waals surface area contributed by atoms with Crippen molar-refractivity contribution in [3.05, 3.63) is 24.1 Å². The number of carboxylic acids is 1. The van der Waals surface area contributed by atoms with Gasteiger partial charge in [0.05, 0.1) is 32.6 Å². The van der Waals surface area contributed by atoms with Crippen LogP contribution >= 0.6 is 0 Å². The van der Waals surface area contributed by atoms with Gasteiger partial charge in [0.2, 0.25) is 17.6 Å². The van der Waals surface area contributed by atoms with E-state index in [9.17, 15) is 9.59 Å². The molecule has 0 radical (unpaired) electrons. The third-order valence-corrected chi connectivity index (χ3v) is 4.90. The number of rotatable bonds is 7. The molecule has 27 heavy (non-hydrogen) atoms. The van der Waals surface area contributed by atoms with Crippen molar-refractivity contribution in [2.75, 3.05) is 14.2 Å². The van der Waals surface area contributed by atoms with E-state index in [-0.39, 0.29) is 18.3 Å². The fraction of sp³-hybridized carbons (Fsp3) is 0.444. The van der Waals surface area contributed by atoms with Crippen molar-refractivity contribution in [1.82, 2.24) is 15.5 Å². The molecule has 1 aliphatic carbocycles. The fourth-order valence-electron chi connectivity index (χ4n) is 3.28. The summed E-state index contributed by atoms with van der Waals surface area (Å²) in [6.45, 7) is 3.55. The minimum atomic E-state index is -0.964. The normalized spacial score (nSPS) is 20.0. The molecule has 0 bridgehead atoms. The van der Waals surface area contributed by atoms with Crippen LogP contribution in [-0.4, -0.2) is 41.3 Å². The average molecular weight is 375 g/mol. The molecule has 0 aliphatic heterocycles. The van der Waals surface area contributed by atoms with Gasteiger partial charge in [-0.1, -0.05) is 19.0 Å². The zero-order valence-electron chi connectivity index (χ0n) is 15.5. The SMILES string of the molecule is COc1ccc(-c2noc(CNC(=O)C3C(C(=O)O)C3(C)C)n2)cc1OC. The number of hydrogen-bond donors (Lipinski definition) is 2. The molecule has 0 spiro atoms. The summed E-state index contributed by atoms with van der Waals surface area (Å²) < 4.78 is 15.6. The van der Waals surface area contributed by atoms with E-state index in [1.165, 1.54) is 7.11 Å². The molecule has 144 valence electrons. The van der Waals surface area contributed by atoms with E-state index in [4.69, 9.17) is 19.1 Å². The number of nitrogens with one attached hydrogen (secondary N) is 1. The van der Waals surface area contributed by atoms with Gasteiger partial charge in [-0.3, -0.25) is 9.59 Å². The Morgan fingerprint density at radius 2 is 1.93 bits per heavy atom. The summed E-state index contributed by atoms with van der Waals surface area (Å²) in [4.78, 5) is 27.7. The molecule has 2 N–H and O–H groups in total. The van der Waals surface area contributed by atoms with Crippen LogP contribution in [0, 0.1) is 17.3 Å². The predicted octanol–water partition coefficient (Wildman–Crippen LogP) is 1.73. The maximum atomic E-state index is 12.2. The number of nitrogens with zero attached hydrogens (tertiary/aromatic N) is 2.